The number of nitrogens with zero attached hydrogens (tertiary/aromatic N) is 4. The molecule has 1 N–H and O–H groups in total. The molecule has 3 aromatic rings. The third kappa shape index (κ3) is 8.80. The number of rotatable bonds is 8. The highest BCUT2D eigenvalue weighted by atomic mass is 19.1. The zero-order chi connectivity index (χ0) is 32.0. The van der Waals surface area contributed by atoms with Gasteiger partial charge in [0.1, 0.15) is 23.8 Å². The molecule has 1 aromatic heterocycles. The molecule has 0 bridgehead atoms. The summed E-state index contributed by atoms with van der Waals surface area (Å²) in [5, 5.41) is 2.82. The number of hydrogen-bond acceptors (Lipinski definition) is 8. The maximum absolute atomic E-state index is 14.8. The molecule has 3 heterocycles. The molecule has 0 spiro atoms. The maximum atomic E-state index is 14.8. The van der Waals surface area contributed by atoms with Gasteiger partial charge in [0.15, 0.2) is 5.75 Å². The van der Waals surface area contributed by atoms with Crippen molar-refractivity contribution in [3.63, 3.8) is 0 Å². The number of amides is 2. The van der Waals surface area contributed by atoms with Gasteiger partial charge in [0, 0.05) is 32.1 Å². The Morgan fingerprint density at radius 1 is 1.00 bits per heavy atom. The molecule has 5 rings (SSSR count). The third-order valence-electron chi connectivity index (χ3n) is 7.84. The van der Waals surface area contributed by atoms with E-state index in [1.165, 1.54) is 0 Å². The second-order valence-electron chi connectivity index (χ2n) is 12.4. The summed E-state index contributed by atoms with van der Waals surface area (Å²) in [5.41, 5.74) is 0.394. The minimum Gasteiger partial charge on any atom is -0.490 e. The fraction of sp³-hybridized carbons (Fsp3) is 0.455. The fourth-order valence-corrected chi connectivity index (χ4v) is 5.54. The molecule has 2 saturated heterocycles. The van der Waals surface area contributed by atoms with Gasteiger partial charge in [0.25, 0.3) is 0 Å². The Hall–Kier alpha value is -4.48. The SMILES string of the molecule is CC(C)(C)OC(=O)N[C@H]1CN(c2ncc(OCC3CCN(C(=O)OCc4ccccc4)CC3)cn2)CC1c1cc(F)ccc1F. The van der Waals surface area contributed by atoms with E-state index >= 15 is 0 Å². The van der Waals surface area contributed by atoms with Gasteiger partial charge in [0.2, 0.25) is 5.95 Å². The zero-order valence-electron chi connectivity index (χ0n) is 25.7. The van der Waals surface area contributed by atoms with E-state index in [1.54, 1.807) is 38.1 Å². The smallest absolute Gasteiger partial charge is 0.410 e. The average molecular weight is 624 g/mol. The second kappa shape index (κ2) is 14.1. The number of ether oxygens (including phenoxy) is 3. The Morgan fingerprint density at radius 3 is 2.40 bits per heavy atom. The number of nitrogens with one attached hydrogen (secondary N) is 1. The van der Waals surface area contributed by atoms with Crippen molar-refractivity contribution in [2.45, 2.75) is 57.8 Å². The summed E-state index contributed by atoms with van der Waals surface area (Å²) in [6.07, 6.45) is 3.77. The number of likely N-dealkylation sites (tertiary alicyclic amines) is 1. The number of piperidine rings is 1. The van der Waals surface area contributed by atoms with Crippen LogP contribution in [0.4, 0.5) is 24.3 Å². The van der Waals surface area contributed by atoms with E-state index in [4.69, 9.17) is 14.2 Å². The molecule has 2 aliphatic heterocycles. The number of carbonyl (C=O) groups excluding carboxylic acids is 2. The van der Waals surface area contributed by atoms with E-state index in [0.29, 0.717) is 31.4 Å². The molecule has 10 nitrogen and oxygen atoms in total. The molecule has 0 saturated carbocycles. The summed E-state index contributed by atoms with van der Waals surface area (Å²) in [5.74, 6) is -0.540. The van der Waals surface area contributed by atoms with E-state index in [9.17, 15) is 18.4 Å². The van der Waals surface area contributed by atoms with Gasteiger partial charge in [0.05, 0.1) is 25.0 Å². The van der Waals surface area contributed by atoms with Gasteiger partial charge in [-0.3, -0.25) is 0 Å². The van der Waals surface area contributed by atoms with Gasteiger partial charge in [-0.1, -0.05) is 30.3 Å². The minimum absolute atomic E-state index is 0.161. The Bertz CT molecular complexity index is 1450. The lowest BCUT2D eigenvalue weighted by molar-refractivity contribution is 0.0504. The van der Waals surface area contributed by atoms with Gasteiger partial charge >= 0.3 is 12.2 Å². The molecule has 2 aliphatic rings. The van der Waals surface area contributed by atoms with Crippen LogP contribution in [-0.4, -0.2) is 71.5 Å². The molecule has 2 aromatic carbocycles. The van der Waals surface area contributed by atoms with Crippen molar-refractivity contribution in [1.82, 2.24) is 20.2 Å². The molecule has 0 aliphatic carbocycles. The summed E-state index contributed by atoms with van der Waals surface area (Å²) in [6.45, 7) is 7.68. The van der Waals surface area contributed by atoms with Gasteiger partial charge in [-0.2, -0.15) is 0 Å². The molecular formula is C33H39F2N5O5. The van der Waals surface area contributed by atoms with Crippen LogP contribution in [0.25, 0.3) is 0 Å². The Balaban J connectivity index is 1.13. The number of halogens is 2. The first-order valence-corrected chi connectivity index (χ1v) is 15.1. The van der Waals surface area contributed by atoms with Crippen LogP contribution in [0.2, 0.25) is 0 Å². The van der Waals surface area contributed by atoms with Crippen LogP contribution in [-0.2, 0) is 16.1 Å². The Morgan fingerprint density at radius 2 is 1.71 bits per heavy atom. The molecule has 45 heavy (non-hydrogen) atoms. The molecule has 12 heteroatoms. The Labute approximate surface area is 261 Å². The summed E-state index contributed by atoms with van der Waals surface area (Å²) in [7, 11) is 0. The van der Waals surface area contributed by atoms with Crippen molar-refractivity contribution in [3.05, 3.63) is 83.7 Å². The molecular weight excluding hydrogens is 584 g/mol. The monoisotopic (exact) mass is 623 g/mol. The van der Waals surface area contributed by atoms with Crippen molar-refractivity contribution in [3.8, 4) is 5.75 Å². The fourth-order valence-electron chi connectivity index (χ4n) is 5.54. The van der Waals surface area contributed by atoms with E-state index in [-0.39, 0.29) is 37.3 Å². The van der Waals surface area contributed by atoms with Crippen molar-refractivity contribution in [2.75, 3.05) is 37.7 Å². The predicted molar refractivity (Wildman–Crippen MR) is 163 cm³/mol. The van der Waals surface area contributed by atoms with Gasteiger partial charge < -0.3 is 29.3 Å². The minimum atomic E-state index is -0.716. The van der Waals surface area contributed by atoms with Crippen LogP contribution < -0.4 is 15.0 Å². The first kappa shape index (κ1) is 31.9. The largest absolute Gasteiger partial charge is 0.490 e. The average Bonchev–Trinajstić information content (AvgIpc) is 3.43. The first-order valence-electron chi connectivity index (χ1n) is 15.1. The van der Waals surface area contributed by atoms with Crippen LogP contribution in [0.1, 0.15) is 50.7 Å². The lowest BCUT2D eigenvalue weighted by Gasteiger charge is -2.31. The molecule has 2 amide bonds. The highest BCUT2D eigenvalue weighted by molar-refractivity contribution is 5.69. The highest BCUT2D eigenvalue weighted by Crippen LogP contribution is 2.32. The van der Waals surface area contributed by atoms with Crippen LogP contribution in [0.15, 0.2) is 60.9 Å². The quantitative estimate of drug-likeness (QED) is 0.342. The zero-order valence-corrected chi connectivity index (χ0v) is 25.7. The van der Waals surface area contributed by atoms with E-state index < -0.39 is 35.3 Å². The number of aromatic nitrogens is 2. The number of anilines is 1. The van der Waals surface area contributed by atoms with Gasteiger partial charge in [-0.25, -0.2) is 28.3 Å². The van der Waals surface area contributed by atoms with Crippen molar-refractivity contribution in [2.24, 2.45) is 5.92 Å². The number of hydrogen-bond donors (Lipinski definition) is 1. The summed E-state index contributed by atoms with van der Waals surface area (Å²) in [6, 6.07) is 12.3. The van der Waals surface area contributed by atoms with Crippen molar-refractivity contribution in [1.29, 1.82) is 0 Å². The molecule has 2 atom stereocenters. The van der Waals surface area contributed by atoms with Gasteiger partial charge in [-0.05, 0) is 68.9 Å². The van der Waals surface area contributed by atoms with Gasteiger partial charge in [-0.15, -0.1) is 0 Å². The summed E-state index contributed by atoms with van der Waals surface area (Å²) < 4.78 is 45.7. The molecule has 2 fully saturated rings. The maximum Gasteiger partial charge on any atom is 0.410 e. The van der Waals surface area contributed by atoms with Crippen LogP contribution in [0.5, 0.6) is 5.75 Å². The van der Waals surface area contributed by atoms with Crippen LogP contribution in [0.3, 0.4) is 0 Å². The number of alkyl carbamates (subject to hydrolysis) is 1. The van der Waals surface area contributed by atoms with E-state index in [0.717, 1.165) is 36.6 Å². The van der Waals surface area contributed by atoms with E-state index in [1.807, 2.05) is 35.2 Å². The topological polar surface area (TPSA) is 106 Å². The predicted octanol–water partition coefficient (Wildman–Crippen LogP) is 5.68. The summed E-state index contributed by atoms with van der Waals surface area (Å²) in [4.78, 5) is 37.5. The first-order chi connectivity index (χ1) is 21.5. The lowest BCUT2D eigenvalue weighted by atomic mass is 9.94. The highest BCUT2D eigenvalue weighted by Gasteiger charge is 2.38. The second-order valence-corrected chi connectivity index (χ2v) is 12.4. The Kier molecular flexibility index (Phi) is 9.99. The molecule has 1 unspecified atom stereocenters. The summed E-state index contributed by atoms with van der Waals surface area (Å²) >= 11 is 0. The number of carbonyl (C=O) groups is 2. The molecule has 0 radical (unpaired) electrons. The lowest BCUT2D eigenvalue weighted by Crippen LogP contribution is -2.43. The number of benzene rings is 2. The van der Waals surface area contributed by atoms with Crippen molar-refractivity contribution >= 4 is 18.1 Å². The van der Waals surface area contributed by atoms with Crippen LogP contribution >= 0.6 is 0 Å². The van der Waals surface area contributed by atoms with Crippen LogP contribution in [0, 0.1) is 17.6 Å². The molecule has 240 valence electrons. The van der Waals surface area contributed by atoms with Crippen molar-refractivity contribution < 1.29 is 32.6 Å². The van der Waals surface area contributed by atoms with E-state index in [2.05, 4.69) is 15.3 Å². The normalized spacial score (nSPS) is 18.9. The third-order valence-corrected chi connectivity index (χ3v) is 7.84. The standard InChI is InChI=1S/C33H39F2N5O5/c1-33(2,3)45-31(41)38-29-19-40(18-27(29)26-15-24(34)9-10-28(26)35)30-36-16-25(17-37-30)43-20-23-11-13-39(14-12-23)32(42)44-21-22-7-5-4-6-8-22/h4-10,15-17,23,27,29H,11-14,18-21H2,1-3H3,(H,38,41)/t27?,29-/m0/s1.